The van der Waals surface area contributed by atoms with Crippen molar-refractivity contribution in [3.63, 3.8) is 0 Å². The highest BCUT2D eigenvalue weighted by Crippen LogP contribution is 2.30. The number of nitrogens with zero attached hydrogens (tertiary/aromatic N) is 5. The number of nitrogens with one attached hydrogen (secondary N) is 1. The van der Waals surface area contributed by atoms with E-state index in [-0.39, 0.29) is 24.8 Å². The number of amides is 1. The molecule has 0 spiro atoms. The van der Waals surface area contributed by atoms with Gasteiger partial charge in [-0.2, -0.15) is 4.68 Å². The minimum absolute atomic E-state index is 0.229. The largest absolute Gasteiger partial charge is 0.394 e. The topological polar surface area (TPSA) is 135 Å². The van der Waals surface area contributed by atoms with E-state index in [1.54, 1.807) is 24.3 Å². The zero-order valence-electron chi connectivity index (χ0n) is 13.6. The van der Waals surface area contributed by atoms with Gasteiger partial charge < -0.3 is 20.3 Å². The summed E-state index contributed by atoms with van der Waals surface area (Å²) in [5.41, 5.74) is 1.15. The molecule has 1 saturated heterocycles. The lowest BCUT2D eigenvalue weighted by molar-refractivity contribution is -0.0476. The summed E-state index contributed by atoms with van der Waals surface area (Å²) in [6.07, 6.45) is -0.557. The molecule has 1 aliphatic heterocycles. The second-order valence-corrected chi connectivity index (χ2v) is 5.86. The Labute approximate surface area is 147 Å². The number of aromatic nitrogens is 5. The summed E-state index contributed by atoms with van der Waals surface area (Å²) in [5, 5.41) is 29.9. The van der Waals surface area contributed by atoms with Gasteiger partial charge in [0.05, 0.1) is 12.7 Å². The lowest BCUT2D eigenvalue weighted by Gasteiger charge is -2.12. The van der Waals surface area contributed by atoms with Crippen molar-refractivity contribution in [2.75, 3.05) is 11.9 Å². The second kappa shape index (κ2) is 6.75. The van der Waals surface area contributed by atoms with Crippen LogP contribution in [0, 0.1) is 0 Å². The molecule has 3 heterocycles. The summed E-state index contributed by atoms with van der Waals surface area (Å²) >= 11 is 0. The quantitative estimate of drug-likeness (QED) is 0.599. The molecule has 1 aromatic carbocycles. The zero-order valence-corrected chi connectivity index (χ0v) is 13.6. The predicted octanol–water partition coefficient (Wildman–Crippen LogP) is 0.114. The maximum Gasteiger partial charge on any atom is 0.256 e. The van der Waals surface area contributed by atoms with Gasteiger partial charge in [-0.3, -0.25) is 4.79 Å². The third-order valence-corrected chi connectivity index (χ3v) is 4.19. The van der Waals surface area contributed by atoms with Crippen molar-refractivity contribution in [2.45, 2.75) is 24.9 Å². The maximum atomic E-state index is 12.3. The molecule has 3 aromatic rings. The van der Waals surface area contributed by atoms with Crippen LogP contribution >= 0.6 is 0 Å². The average molecular weight is 356 g/mol. The van der Waals surface area contributed by atoms with Gasteiger partial charge in [-0.1, -0.05) is 23.4 Å². The first-order valence-electron chi connectivity index (χ1n) is 8.04. The number of aliphatic hydroxyl groups is 2. The van der Waals surface area contributed by atoms with Gasteiger partial charge in [-0.05, 0) is 12.1 Å². The molecule has 134 valence electrons. The molecule has 2 aromatic heterocycles. The van der Waals surface area contributed by atoms with E-state index in [1.165, 1.54) is 11.0 Å². The molecule has 1 fully saturated rings. The summed E-state index contributed by atoms with van der Waals surface area (Å²) in [5.74, 6) is -0.0969. The first kappa shape index (κ1) is 16.5. The van der Waals surface area contributed by atoms with E-state index in [1.807, 2.05) is 6.07 Å². The molecule has 0 aliphatic carbocycles. The molecule has 0 unspecified atom stereocenters. The van der Waals surface area contributed by atoms with Crippen LogP contribution in [0.15, 0.2) is 36.7 Å². The first-order chi connectivity index (χ1) is 12.7. The van der Waals surface area contributed by atoms with E-state index in [0.29, 0.717) is 16.7 Å². The number of carbonyl (C=O) groups excluding carboxylic acids is 1. The normalized spacial score (nSPS) is 22.6. The number of hydrogen-bond donors (Lipinski definition) is 3. The van der Waals surface area contributed by atoms with Gasteiger partial charge in [0.25, 0.3) is 5.91 Å². The van der Waals surface area contributed by atoms with Crippen molar-refractivity contribution in [3.05, 3.63) is 42.2 Å². The van der Waals surface area contributed by atoms with Crippen molar-refractivity contribution in [1.82, 2.24) is 25.0 Å². The Morgan fingerprint density at radius 3 is 2.85 bits per heavy atom. The highest BCUT2D eigenvalue weighted by atomic mass is 16.5. The third kappa shape index (κ3) is 2.90. The van der Waals surface area contributed by atoms with Crippen LogP contribution in [0.4, 0.5) is 5.82 Å². The van der Waals surface area contributed by atoms with E-state index in [2.05, 4.69) is 25.6 Å². The molecule has 3 atom stereocenters. The highest BCUT2D eigenvalue weighted by molar-refractivity contribution is 6.06. The Balaban J connectivity index is 1.63. The van der Waals surface area contributed by atoms with E-state index in [9.17, 15) is 15.0 Å². The van der Waals surface area contributed by atoms with Crippen LogP contribution in [0.2, 0.25) is 0 Å². The smallest absolute Gasteiger partial charge is 0.256 e. The van der Waals surface area contributed by atoms with Crippen LogP contribution in [-0.4, -0.2) is 59.9 Å². The summed E-state index contributed by atoms with van der Waals surface area (Å²) in [6, 6.07) is 8.73. The number of fused-ring (bicyclic) bond motifs is 1. The van der Waals surface area contributed by atoms with Gasteiger partial charge in [-0.15, -0.1) is 5.10 Å². The van der Waals surface area contributed by atoms with Crippen molar-refractivity contribution in [2.24, 2.45) is 0 Å². The molecule has 1 amide bonds. The molecular formula is C16H16N6O4. The van der Waals surface area contributed by atoms with Gasteiger partial charge in [0, 0.05) is 12.0 Å². The van der Waals surface area contributed by atoms with E-state index in [0.717, 1.165) is 0 Å². The third-order valence-electron chi connectivity index (χ3n) is 4.19. The fraction of sp³-hybridized carbons (Fsp3) is 0.312. The minimum Gasteiger partial charge on any atom is -0.394 e. The van der Waals surface area contributed by atoms with E-state index < -0.39 is 18.4 Å². The molecule has 10 heteroatoms. The van der Waals surface area contributed by atoms with Crippen molar-refractivity contribution in [1.29, 1.82) is 0 Å². The fourth-order valence-electron chi connectivity index (χ4n) is 2.85. The Morgan fingerprint density at radius 1 is 1.31 bits per heavy atom. The molecule has 1 aliphatic rings. The average Bonchev–Trinajstić information content (AvgIpc) is 3.26. The van der Waals surface area contributed by atoms with Crippen LogP contribution in [0.5, 0.6) is 0 Å². The lowest BCUT2D eigenvalue weighted by Crippen LogP contribution is -2.24. The molecule has 0 bridgehead atoms. The number of carbonyl (C=O) groups is 1. The van der Waals surface area contributed by atoms with Gasteiger partial charge in [0.2, 0.25) is 0 Å². The fourth-order valence-corrected chi connectivity index (χ4v) is 2.85. The van der Waals surface area contributed by atoms with Gasteiger partial charge in [-0.25, -0.2) is 9.97 Å². The number of aliphatic hydroxyl groups excluding tert-OH is 2. The van der Waals surface area contributed by atoms with Gasteiger partial charge in [0.15, 0.2) is 23.2 Å². The summed E-state index contributed by atoms with van der Waals surface area (Å²) in [6.45, 7) is -0.294. The summed E-state index contributed by atoms with van der Waals surface area (Å²) in [7, 11) is 0. The molecule has 10 nitrogen and oxygen atoms in total. The highest BCUT2D eigenvalue weighted by Gasteiger charge is 2.36. The van der Waals surface area contributed by atoms with Crippen LogP contribution in [0.3, 0.4) is 0 Å². The second-order valence-electron chi connectivity index (χ2n) is 5.86. The van der Waals surface area contributed by atoms with Gasteiger partial charge >= 0.3 is 0 Å². The lowest BCUT2D eigenvalue weighted by atomic mass is 10.2. The Bertz CT molecular complexity index is 931. The van der Waals surface area contributed by atoms with Crippen molar-refractivity contribution < 1.29 is 19.7 Å². The predicted molar refractivity (Wildman–Crippen MR) is 89.1 cm³/mol. The van der Waals surface area contributed by atoms with Crippen LogP contribution < -0.4 is 5.32 Å². The zero-order chi connectivity index (χ0) is 18.1. The number of ether oxygens (including phenoxy) is 1. The number of anilines is 1. The van der Waals surface area contributed by atoms with E-state index >= 15 is 0 Å². The Hall–Kier alpha value is -2.95. The maximum absolute atomic E-state index is 12.3. The molecule has 0 saturated carbocycles. The molecule has 0 radical (unpaired) electrons. The number of benzene rings is 1. The standard InChI is InChI=1S/C16H16N6O4/c23-7-11-10(24)6-12(26-11)22-15-13(20-21-22)14(17-8-18-15)19-16(25)9-4-2-1-3-5-9/h1-5,8,10-12,23-24H,6-7H2,(H,17,18,19,25)/t10-,11+,12+/m0/s1. The summed E-state index contributed by atoms with van der Waals surface area (Å²) < 4.78 is 6.99. The Kier molecular flexibility index (Phi) is 4.29. The summed E-state index contributed by atoms with van der Waals surface area (Å²) in [4.78, 5) is 20.6. The monoisotopic (exact) mass is 356 g/mol. The molecule has 26 heavy (non-hydrogen) atoms. The van der Waals surface area contributed by atoms with Crippen LogP contribution in [-0.2, 0) is 4.74 Å². The van der Waals surface area contributed by atoms with Crippen molar-refractivity contribution >= 4 is 22.9 Å². The van der Waals surface area contributed by atoms with Crippen LogP contribution in [0.1, 0.15) is 23.0 Å². The van der Waals surface area contributed by atoms with Gasteiger partial charge in [0.1, 0.15) is 12.4 Å². The van der Waals surface area contributed by atoms with E-state index in [4.69, 9.17) is 4.74 Å². The van der Waals surface area contributed by atoms with Crippen LogP contribution in [0.25, 0.3) is 11.2 Å². The number of rotatable bonds is 4. The number of hydrogen-bond acceptors (Lipinski definition) is 8. The SMILES string of the molecule is O=C(Nc1ncnc2c1nnn2[C@H]1C[C@H](O)[C@@H](CO)O1)c1ccccc1. The molecule has 4 rings (SSSR count). The minimum atomic E-state index is -0.802. The molecule has 3 N–H and O–H groups in total. The molecular weight excluding hydrogens is 340 g/mol. The van der Waals surface area contributed by atoms with Crippen molar-refractivity contribution in [3.8, 4) is 0 Å². The first-order valence-corrected chi connectivity index (χ1v) is 8.04. The Morgan fingerprint density at radius 2 is 2.12 bits per heavy atom.